The minimum atomic E-state index is -0.489. The molecular weight excluding hydrogens is 274 g/mol. The van der Waals surface area contributed by atoms with E-state index in [2.05, 4.69) is 0 Å². The van der Waals surface area contributed by atoms with Crippen molar-refractivity contribution in [3.63, 3.8) is 0 Å². The van der Waals surface area contributed by atoms with E-state index >= 15 is 0 Å². The van der Waals surface area contributed by atoms with Gasteiger partial charge in [0.15, 0.2) is 5.78 Å². The lowest BCUT2D eigenvalue weighted by atomic mass is 9.63. The third-order valence-electron chi connectivity index (χ3n) is 5.02. The molecule has 0 radical (unpaired) electrons. The average Bonchev–Trinajstić information content (AvgIpc) is 2.57. The van der Waals surface area contributed by atoms with Crippen LogP contribution in [0.2, 0.25) is 0 Å². The molecule has 0 fully saturated rings. The predicted octanol–water partition coefficient (Wildman–Crippen LogP) is 3.47. The standard InChI is InChI=1S/C19H21NO2/c1-2-19(12-20)11-17(13-7-9-14(21)10-8-13)15-5-3-4-6-16(15)18(19)22/h3-10,17,21H,2,11-12,20H2,1H3. The van der Waals surface area contributed by atoms with Crippen LogP contribution in [0.25, 0.3) is 0 Å². The first-order chi connectivity index (χ1) is 10.6. The van der Waals surface area contributed by atoms with Gasteiger partial charge in [-0.1, -0.05) is 43.3 Å². The van der Waals surface area contributed by atoms with Gasteiger partial charge in [-0.05, 0) is 36.1 Å². The summed E-state index contributed by atoms with van der Waals surface area (Å²) in [5.41, 5.74) is 8.48. The van der Waals surface area contributed by atoms with Crippen LogP contribution in [-0.4, -0.2) is 17.4 Å². The van der Waals surface area contributed by atoms with Gasteiger partial charge in [0.1, 0.15) is 5.75 Å². The van der Waals surface area contributed by atoms with E-state index in [4.69, 9.17) is 5.73 Å². The SMILES string of the molecule is CCC1(CN)CC(c2ccc(O)cc2)c2ccccc2C1=O. The number of benzene rings is 2. The molecule has 1 aliphatic rings. The van der Waals surface area contributed by atoms with E-state index in [0.717, 1.165) is 29.5 Å². The molecule has 2 unspecified atom stereocenters. The number of fused-ring (bicyclic) bond motifs is 1. The predicted molar refractivity (Wildman–Crippen MR) is 87.1 cm³/mol. The van der Waals surface area contributed by atoms with Crippen LogP contribution in [0.4, 0.5) is 0 Å². The number of Topliss-reactive ketones (excluding diaryl/α,β-unsaturated/α-hetero) is 1. The summed E-state index contributed by atoms with van der Waals surface area (Å²) in [7, 11) is 0. The first kappa shape index (κ1) is 14.8. The monoisotopic (exact) mass is 295 g/mol. The highest BCUT2D eigenvalue weighted by Gasteiger charge is 2.44. The van der Waals surface area contributed by atoms with Crippen LogP contribution in [-0.2, 0) is 0 Å². The Morgan fingerprint density at radius 1 is 1.18 bits per heavy atom. The Labute approximate surface area is 130 Å². The summed E-state index contributed by atoms with van der Waals surface area (Å²) >= 11 is 0. The number of aromatic hydroxyl groups is 1. The summed E-state index contributed by atoms with van der Waals surface area (Å²) in [6.45, 7) is 2.40. The van der Waals surface area contributed by atoms with E-state index in [1.807, 2.05) is 43.3 Å². The molecule has 3 rings (SSSR count). The normalized spacial score (nSPS) is 24.1. The number of rotatable bonds is 3. The van der Waals surface area contributed by atoms with Crippen molar-refractivity contribution < 1.29 is 9.90 Å². The maximum absolute atomic E-state index is 12.9. The Bertz CT molecular complexity index is 687. The minimum absolute atomic E-state index is 0.137. The number of nitrogens with two attached hydrogens (primary N) is 1. The van der Waals surface area contributed by atoms with Gasteiger partial charge in [0, 0.05) is 23.4 Å². The van der Waals surface area contributed by atoms with Crippen molar-refractivity contribution >= 4 is 5.78 Å². The van der Waals surface area contributed by atoms with E-state index in [9.17, 15) is 9.90 Å². The molecule has 3 nitrogen and oxygen atoms in total. The number of carbonyl (C=O) groups is 1. The molecule has 2 atom stereocenters. The van der Waals surface area contributed by atoms with Crippen molar-refractivity contribution in [3.8, 4) is 5.75 Å². The second kappa shape index (κ2) is 5.58. The lowest BCUT2D eigenvalue weighted by Gasteiger charge is -2.39. The van der Waals surface area contributed by atoms with Crippen LogP contribution in [0.5, 0.6) is 5.75 Å². The van der Waals surface area contributed by atoms with E-state index in [1.54, 1.807) is 12.1 Å². The van der Waals surface area contributed by atoms with Crippen molar-refractivity contribution in [3.05, 3.63) is 65.2 Å². The molecule has 2 aromatic rings. The Hall–Kier alpha value is -2.13. The van der Waals surface area contributed by atoms with Gasteiger partial charge in [0.05, 0.1) is 0 Å². The molecule has 3 heteroatoms. The fourth-order valence-corrected chi connectivity index (χ4v) is 3.52. The van der Waals surface area contributed by atoms with Crippen molar-refractivity contribution in [2.75, 3.05) is 6.54 Å². The highest BCUT2D eigenvalue weighted by molar-refractivity contribution is 6.03. The Morgan fingerprint density at radius 3 is 2.50 bits per heavy atom. The van der Waals surface area contributed by atoms with Gasteiger partial charge in [-0.15, -0.1) is 0 Å². The first-order valence-corrected chi connectivity index (χ1v) is 7.74. The van der Waals surface area contributed by atoms with Crippen LogP contribution >= 0.6 is 0 Å². The zero-order valence-electron chi connectivity index (χ0n) is 12.8. The minimum Gasteiger partial charge on any atom is -0.508 e. The molecule has 0 amide bonds. The van der Waals surface area contributed by atoms with Gasteiger partial charge in [0.25, 0.3) is 0 Å². The van der Waals surface area contributed by atoms with Gasteiger partial charge in [-0.25, -0.2) is 0 Å². The van der Waals surface area contributed by atoms with Crippen LogP contribution in [0.15, 0.2) is 48.5 Å². The average molecular weight is 295 g/mol. The number of ketones is 1. The van der Waals surface area contributed by atoms with Gasteiger partial charge >= 0.3 is 0 Å². The number of phenolic OH excluding ortho intramolecular Hbond substituents is 1. The highest BCUT2D eigenvalue weighted by atomic mass is 16.3. The van der Waals surface area contributed by atoms with E-state index in [1.165, 1.54) is 0 Å². The van der Waals surface area contributed by atoms with Crippen molar-refractivity contribution in [1.82, 2.24) is 0 Å². The van der Waals surface area contributed by atoms with Crippen molar-refractivity contribution in [2.45, 2.75) is 25.7 Å². The third-order valence-corrected chi connectivity index (χ3v) is 5.02. The lowest BCUT2D eigenvalue weighted by Crippen LogP contribution is -2.43. The summed E-state index contributed by atoms with van der Waals surface area (Å²) in [4.78, 5) is 12.9. The van der Waals surface area contributed by atoms with E-state index in [-0.39, 0.29) is 17.5 Å². The van der Waals surface area contributed by atoms with Gasteiger partial charge in [-0.3, -0.25) is 4.79 Å². The molecule has 0 saturated carbocycles. The van der Waals surface area contributed by atoms with Crippen LogP contribution < -0.4 is 5.73 Å². The summed E-state index contributed by atoms with van der Waals surface area (Å²) in [6, 6.07) is 15.1. The molecular formula is C19H21NO2. The largest absolute Gasteiger partial charge is 0.508 e. The molecule has 114 valence electrons. The van der Waals surface area contributed by atoms with Gasteiger partial charge in [-0.2, -0.15) is 0 Å². The fourth-order valence-electron chi connectivity index (χ4n) is 3.52. The second-order valence-electron chi connectivity index (χ2n) is 6.10. The number of phenols is 1. The van der Waals surface area contributed by atoms with Gasteiger partial charge < -0.3 is 10.8 Å². The molecule has 0 spiro atoms. The van der Waals surface area contributed by atoms with Crippen molar-refractivity contribution in [2.24, 2.45) is 11.1 Å². The van der Waals surface area contributed by atoms with Crippen LogP contribution in [0, 0.1) is 5.41 Å². The molecule has 0 aliphatic heterocycles. The Balaban J connectivity index is 2.15. The third kappa shape index (κ3) is 2.22. The van der Waals surface area contributed by atoms with E-state index in [0.29, 0.717) is 6.54 Å². The smallest absolute Gasteiger partial charge is 0.170 e. The first-order valence-electron chi connectivity index (χ1n) is 7.74. The Kier molecular flexibility index (Phi) is 3.75. The topological polar surface area (TPSA) is 63.3 Å². The quantitative estimate of drug-likeness (QED) is 0.911. The van der Waals surface area contributed by atoms with E-state index < -0.39 is 5.41 Å². The fraction of sp³-hybridized carbons (Fsp3) is 0.316. The van der Waals surface area contributed by atoms with Crippen LogP contribution in [0.1, 0.15) is 47.2 Å². The molecule has 2 aromatic carbocycles. The molecule has 1 aliphatic carbocycles. The number of hydrogen-bond acceptors (Lipinski definition) is 3. The zero-order valence-corrected chi connectivity index (χ0v) is 12.8. The number of carbonyl (C=O) groups excluding carboxylic acids is 1. The van der Waals surface area contributed by atoms with Crippen molar-refractivity contribution in [1.29, 1.82) is 0 Å². The maximum atomic E-state index is 12.9. The Morgan fingerprint density at radius 2 is 1.86 bits per heavy atom. The molecule has 0 aromatic heterocycles. The molecule has 0 bridgehead atoms. The summed E-state index contributed by atoms with van der Waals surface area (Å²) in [5, 5.41) is 9.51. The molecule has 3 N–H and O–H groups in total. The highest BCUT2D eigenvalue weighted by Crippen LogP contribution is 2.46. The summed E-state index contributed by atoms with van der Waals surface area (Å²) < 4.78 is 0. The number of hydrogen-bond donors (Lipinski definition) is 2. The molecule has 22 heavy (non-hydrogen) atoms. The van der Waals surface area contributed by atoms with Crippen LogP contribution in [0.3, 0.4) is 0 Å². The summed E-state index contributed by atoms with van der Waals surface area (Å²) in [5.74, 6) is 0.561. The maximum Gasteiger partial charge on any atom is 0.170 e. The second-order valence-corrected chi connectivity index (χ2v) is 6.10. The molecule has 0 heterocycles. The zero-order chi connectivity index (χ0) is 15.7. The summed E-state index contributed by atoms with van der Waals surface area (Å²) in [6.07, 6.45) is 1.46. The lowest BCUT2D eigenvalue weighted by molar-refractivity contribution is 0.0749. The van der Waals surface area contributed by atoms with Gasteiger partial charge in [0.2, 0.25) is 0 Å². The molecule has 0 saturated heterocycles.